The molecule has 2 rings (SSSR count). The molecule has 0 aliphatic heterocycles. The van der Waals surface area contributed by atoms with Crippen molar-refractivity contribution in [3.05, 3.63) is 53.6 Å². The van der Waals surface area contributed by atoms with Crippen LogP contribution >= 0.6 is 0 Å². The second-order valence-corrected chi connectivity index (χ2v) is 3.13. The third kappa shape index (κ3) is 1.79. The van der Waals surface area contributed by atoms with Gasteiger partial charge in [-0.25, -0.2) is 9.64 Å². The van der Waals surface area contributed by atoms with Crippen molar-refractivity contribution in [3.63, 3.8) is 0 Å². The normalized spacial score (nSPS) is 9.69. The lowest BCUT2D eigenvalue weighted by Gasteiger charge is -1.96. The van der Waals surface area contributed by atoms with Gasteiger partial charge in [0.2, 0.25) is 5.76 Å². The summed E-state index contributed by atoms with van der Waals surface area (Å²) >= 11 is 0. The number of benzene rings is 1. The first-order valence-electron chi connectivity index (χ1n) is 4.52. The van der Waals surface area contributed by atoms with E-state index in [9.17, 15) is 4.79 Å². The van der Waals surface area contributed by atoms with Gasteiger partial charge in [0, 0.05) is 5.56 Å². The first kappa shape index (κ1) is 9.99. The molecule has 0 radical (unpaired) electrons. The van der Waals surface area contributed by atoms with Crippen LogP contribution in [-0.2, 0) is 0 Å². The van der Waals surface area contributed by atoms with E-state index in [2.05, 4.69) is 4.85 Å². The van der Waals surface area contributed by atoms with Crippen molar-refractivity contribution in [2.45, 2.75) is 0 Å². The van der Waals surface area contributed by atoms with Crippen molar-refractivity contribution < 1.29 is 14.3 Å². The summed E-state index contributed by atoms with van der Waals surface area (Å²) in [6.45, 7) is 6.80. The molecule has 4 heteroatoms. The summed E-state index contributed by atoms with van der Waals surface area (Å²) in [5.74, 6) is -0.706. The molecule has 0 saturated heterocycles. The SMILES string of the molecule is [C-]#[N+]c1ccc(-c2ccc(C(=O)O)o2)cc1. The highest BCUT2D eigenvalue weighted by Crippen LogP contribution is 2.24. The van der Waals surface area contributed by atoms with Crippen molar-refractivity contribution in [1.82, 2.24) is 0 Å². The Morgan fingerprint density at radius 1 is 1.19 bits per heavy atom. The quantitative estimate of drug-likeness (QED) is 0.779. The topological polar surface area (TPSA) is 54.8 Å². The molecule has 0 aliphatic rings. The van der Waals surface area contributed by atoms with Crippen LogP contribution in [0.2, 0.25) is 0 Å². The molecule has 0 aliphatic carbocycles. The summed E-state index contributed by atoms with van der Waals surface area (Å²) in [4.78, 5) is 13.9. The molecule has 1 aromatic heterocycles. The highest BCUT2D eigenvalue weighted by molar-refractivity contribution is 5.85. The standard InChI is InChI=1S/C12H7NO3/c1-13-9-4-2-8(3-5-9)10-6-7-11(16-10)12(14)15/h2-7H,(H,14,15). The Labute approximate surface area is 91.6 Å². The second kappa shape index (κ2) is 3.91. The fourth-order valence-corrected chi connectivity index (χ4v) is 1.31. The van der Waals surface area contributed by atoms with Gasteiger partial charge < -0.3 is 9.52 Å². The molecule has 0 saturated carbocycles. The van der Waals surface area contributed by atoms with E-state index in [1.54, 1.807) is 30.3 Å². The number of aromatic carboxylic acids is 1. The van der Waals surface area contributed by atoms with Gasteiger partial charge in [0.25, 0.3) is 0 Å². The van der Waals surface area contributed by atoms with Crippen LogP contribution in [0.25, 0.3) is 16.2 Å². The lowest BCUT2D eigenvalue weighted by molar-refractivity contribution is 0.0663. The molecule has 1 N–H and O–H groups in total. The van der Waals surface area contributed by atoms with Crippen molar-refractivity contribution >= 4 is 11.7 Å². The highest BCUT2D eigenvalue weighted by Gasteiger charge is 2.09. The van der Waals surface area contributed by atoms with Crippen molar-refractivity contribution in [2.24, 2.45) is 0 Å². The number of rotatable bonds is 2. The second-order valence-electron chi connectivity index (χ2n) is 3.13. The maximum atomic E-state index is 10.6. The Kier molecular flexibility index (Phi) is 2.44. The average Bonchev–Trinajstić information content (AvgIpc) is 2.78. The predicted octanol–water partition coefficient (Wildman–Crippen LogP) is 3.20. The van der Waals surface area contributed by atoms with Crippen LogP contribution < -0.4 is 0 Å². The Morgan fingerprint density at radius 3 is 2.38 bits per heavy atom. The predicted molar refractivity (Wildman–Crippen MR) is 57.4 cm³/mol. The van der Waals surface area contributed by atoms with E-state index in [-0.39, 0.29) is 5.76 Å². The molecule has 1 aromatic carbocycles. The van der Waals surface area contributed by atoms with E-state index in [1.165, 1.54) is 6.07 Å². The van der Waals surface area contributed by atoms with Gasteiger partial charge in [0.1, 0.15) is 5.76 Å². The summed E-state index contributed by atoms with van der Waals surface area (Å²) in [5, 5.41) is 8.69. The molecule has 0 spiro atoms. The summed E-state index contributed by atoms with van der Waals surface area (Å²) in [5.41, 5.74) is 1.29. The van der Waals surface area contributed by atoms with Crippen LogP contribution in [0.15, 0.2) is 40.8 Å². The van der Waals surface area contributed by atoms with Gasteiger partial charge in [-0.15, -0.1) is 0 Å². The van der Waals surface area contributed by atoms with E-state index in [1.807, 2.05) is 0 Å². The van der Waals surface area contributed by atoms with Crippen molar-refractivity contribution in [3.8, 4) is 11.3 Å². The van der Waals surface area contributed by atoms with Crippen LogP contribution in [0.3, 0.4) is 0 Å². The number of hydrogen-bond donors (Lipinski definition) is 1. The number of hydrogen-bond acceptors (Lipinski definition) is 2. The zero-order valence-corrected chi connectivity index (χ0v) is 8.18. The number of carboxylic acids is 1. The number of nitrogens with zero attached hydrogens (tertiary/aromatic N) is 1. The maximum absolute atomic E-state index is 10.6. The lowest BCUT2D eigenvalue weighted by atomic mass is 10.1. The van der Waals surface area contributed by atoms with Crippen LogP contribution in [0.1, 0.15) is 10.6 Å². The molecule has 0 unspecified atom stereocenters. The summed E-state index contributed by atoms with van der Waals surface area (Å²) in [6, 6.07) is 9.75. The summed E-state index contributed by atoms with van der Waals surface area (Å²) < 4.78 is 5.13. The minimum atomic E-state index is -1.09. The first-order chi connectivity index (χ1) is 7.70. The molecule has 4 nitrogen and oxygen atoms in total. The Hall–Kier alpha value is -2.54. The van der Waals surface area contributed by atoms with Gasteiger partial charge in [-0.2, -0.15) is 0 Å². The molecule has 0 bridgehead atoms. The van der Waals surface area contributed by atoms with E-state index >= 15 is 0 Å². The smallest absolute Gasteiger partial charge is 0.371 e. The number of furan rings is 1. The summed E-state index contributed by atoms with van der Waals surface area (Å²) in [7, 11) is 0. The first-order valence-corrected chi connectivity index (χ1v) is 4.52. The van der Waals surface area contributed by atoms with Crippen LogP contribution in [-0.4, -0.2) is 11.1 Å². The Morgan fingerprint density at radius 2 is 1.88 bits per heavy atom. The largest absolute Gasteiger partial charge is 0.475 e. The third-order valence-electron chi connectivity index (χ3n) is 2.10. The van der Waals surface area contributed by atoms with Crippen LogP contribution in [0.5, 0.6) is 0 Å². The maximum Gasteiger partial charge on any atom is 0.371 e. The number of carbonyl (C=O) groups is 1. The monoisotopic (exact) mass is 213 g/mol. The van der Waals surface area contributed by atoms with Crippen LogP contribution in [0.4, 0.5) is 5.69 Å². The molecular weight excluding hydrogens is 206 g/mol. The zero-order valence-electron chi connectivity index (χ0n) is 8.18. The van der Waals surface area contributed by atoms with Gasteiger partial charge in [-0.3, -0.25) is 0 Å². The Bertz CT molecular complexity index is 561. The van der Waals surface area contributed by atoms with Gasteiger partial charge in [0.05, 0.1) is 6.57 Å². The van der Waals surface area contributed by atoms with Gasteiger partial charge in [0.15, 0.2) is 5.69 Å². The number of carboxylic acid groups (broad SMARTS) is 1. The van der Waals surface area contributed by atoms with Gasteiger partial charge in [-0.05, 0) is 12.1 Å². The van der Waals surface area contributed by atoms with Gasteiger partial charge >= 0.3 is 5.97 Å². The Balaban J connectivity index is 2.36. The minimum absolute atomic E-state index is 0.0933. The summed E-state index contributed by atoms with van der Waals surface area (Å²) in [6.07, 6.45) is 0. The molecule has 0 atom stereocenters. The molecular formula is C12H7NO3. The fourth-order valence-electron chi connectivity index (χ4n) is 1.31. The van der Waals surface area contributed by atoms with Crippen molar-refractivity contribution in [2.75, 3.05) is 0 Å². The minimum Gasteiger partial charge on any atom is -0.475 e. The zero-order chi connectivity index (χ0) is 11.5. The molecule has 2 aromatic rings. The molecule has 0 fully saturated rings. The average molecular weight is 213 g/mol. The van der Waals surface area contributed by atoms with E-state index in [0.717, 1.165) is 5.56 Å². The van der Waals surface area contributed by atoms with E-state index < -0.39 is 5.97 Å². The highest BCUT2D eigenvalue weighted by atomic mass is 16.4. The molecule has 16 heavy (non-hydrogen) atoms. The van der Waals surface area contributed by atoms with E-state index in [4.69, 9.17) is 16.1 Å². The lowest BCUT2D eigenvalue weighted by Crippen LogP contribution is -1.91. The molecule has 1 heterocycles. The molecule has 78 valence electrons. The fraction of sp³-hybridized carbons (Fsp3) is 0. The van der Waals surface area contributed by atoms with Crippen molar-refractivity contribution in [1.29, 1.82) is 0 Å². The van der Waals surface area contributed by atoms with Gasteiger partial charge in [-0.1, -0.05) is 24.3 Å². The third-order valence-corrected chi connectivity index (χ3v) is 2.10. The molecule has 0 amide bonds. The van der Waals surface area contributed by atoms with E-state index in [0.29, 0.717) is 11.4 Å². The van der Waals surface area contributed by atoms with Crippen LogP contribution in [0, 0.1) is 6.57 Å².